The van der Waals surface area contributed by atoms with Gasteiger partial charge in [-0.1, -0.05) is 30.3 Å². The van der Waals surface area contributed by atoms with E-state index in [2.05, 4.69) is 5.32 Å². The first kappa shape index (κ1) is 17.2. The van der Waals surface area contributed by atoms with Gasteiger partial charge in [0.1, 0.15) is 6.10 Å². The molecule has 2 heterocycles. The van der Waals surface area contributed by atoms with Crippen LogP contribution in [0, 0.1) is 0 Å². The molecule has 6 heteroatoms. The molecule has 122 valence electrons. The number of benzene rings is 1. The second-order valence-electron chi connectivity index (χ2n) is 5.51. The number of nitrogens with zero attached hydrogens (tertiary/aromatic N) is 1. The number of amides is 1. The van der Waals surface area contributed by atoms with Crippen LogP contribution in [0.25, 0.3) is 0 Å². The number of carbonyl (C=O) groups is 1. The third kappa shape index (κ3) is 4.43. The fourth-order valence-corrected chi connectivity index (χ4v) is 2.82. The topological polar surface area (TPSA) is 50.8 Å². The number of halogens is 1. The number of rotatable bonds is 3. The second kappa shape index (κ2) is 8.48. The maximum atomic E-state index is 12.4. The monoisotopic (exact) mass is 326 g/mol. The number of hydrogen-bond donors (Lipinski definition) is 1. The summed E-state index contributed by atoms with van der Waals surface area (Å²) in [5.74, 6) is 0.160. The first-order chi connectivity index (χ1) is 10.3. The molecule has 0 saturated carbocycles. The molecule has 22 heavy (non-hydrogen) atoms. The SMILES string of the molecule is Cl.O=C(CC1CNCCO1)N1CCOC(c2ccccc2)C1. The van der Waals surface area contributed by atoms with Gasteiger partial charge in [-0.15, -0.1) is 12.4 Å². The summed E-state index contributed by atoms with van der Waals surface area (Å²) in [6, 6.07) is 10.1. The minimum absolute atomic E-state index is 0. The number of ether oxygens (including phenoxy) is 2. The summed E-state index contributed by atoms with van der Waals surface area (Å²) >= 11 is 0. The van der Waals surface area contributed by atoms with E-state index in [9.17, 15) is 4.79 Å². The van der Waals surface area contributed by atoms with E-state index in [1.807, 2.05) is 35.2 Å². The van der Waals surface area contributed by atoms with Crippen LogP contribution in [0.15, 0.2) is 30.3 Å². The van der Waals surface area contributed by atoms with Crippen molar-refractivity contribution in [3.8, 4) is 0 Å². The van der Waals surface area contributed by atoms with Crippen LogP contribution in [0.2, 0.25) is 0 Å². The van der Waals surface area contributed by atoms with E-state index in [-0.39, 0.29) is 30.5 Å². The van der Waals surface area contributed by atoms with Crippen LogP contribution < -0.4 is 5.32 Å². The van der Waals surface area contributed by atoms with E-state index < -0.39 is 0 Å². The maximum absolute atomic E-state index is 12.4. The standard InChI is InChI=1S/C16H22N2O3.ClH/c19-16(10-14-11-17-6-8-20-14)18-7-9-21-15(12-18)13-4-2-1-3-5-13;/h1-5,14-15,17H,6-12H2;1H. The van der Waals surface area contributed by atoms with Gasteiger partial charge in [-0.05, 0) is 5.56 Å². The smallest absolute Gasteiger partial charge is 0.225 e. The molecule has 0 aliphatic carbocycles. The summed E-state index contributed by atoms with van der Waals surface area (Å²) in [6.45, 7) is 4.21. The Hall–Kier alpha value is -1.14. The predicted molar refractivity (Wildman–Crippen MR) is 86.2 cm³/mol. The number of carbonyl (C=O) groups excluding carboxylic acids is 1. The highest BCUT2D eigenvalue weighted by molar-refractivity contribution is 5.85. The summed E-state index contributed by atoms with van der Waals surface area (Å²) in [7, 11) is 0. The lowest BCUT2D eigenvalue weighted by molar-refractivity contribution is -0.142. The average Bonchev–Trinajstić information content (AvgIpc) is 2.57. The Bertz CT molecular complexity index is 466. The molecule has 1 amide bonds. The average molecular weight is 327 g/mol. The molecule has 2 saturated heterocycles. The van der Waals surface area contributed by atoms with E-state index in [1.54, 1.807) is 0 Å². The van der Waals surface area contributed by atoms with E-state index in [1.165, 1.54) is 0 Å². The third-order valence-corrected chi connectivity index (χ3v) is 4.00. The number of morpholine rings is 2. The first-order valence-electron chi connectivity index (χ1n) is 7.59. The molecular weight excluding hydrogens is 304 g/mol. The van der Waals surface area contributed by atoms with Gasteiger partial charge in [0.2, 0.25) is 5.91 Å². The summed E-state index contributed by atoms with van der Waals surface area (Å²) < 4.78 is 11.4. The summed E-state index contributed by atoms with van der Waals surface area (Å²) in [6.07, 6.45) is 0.438. The molecule has 1 aromatic rings. The molecule has 5 nitrogen and oxygen atoms in total. The maximum Gasteiger partial charge on any atom is 0.225 e. The molecule has 1 N–H and O–H groups in total. The lowest BCUT2D eigenvalue weighted by atomic mass is 10.1. The fourth-order valence-electron chi connectivity index (χ4n) is 2.82. The molecule has 0 spiro atoms. The Morgan fingerprint density at radius 2 is 2.05 bits per heavy atom. The zero-order valence-corrected chi connectivity index (χ0v) is 13.4. The third-order valence-electron chi connectivity index (χ3n) is 4.00. The van der Waals surface area contributed by atoms with Crippen LogP contribution >= 0.6 is 12.4 Å². The van der Waals surface area contributed by atoms with Gasteiger partial charge in [-0.3, -0.25) is 4.79 Å². The molecule has 0 bridgehead atoms. The van der Waals surface area contributed by atoms with Crippen LogP contribution in [0.1, 0.15) is 18.1 Å². The van der Waals surface area contributed by atoms with Crippen LogP contribution in [-0.2, 0) is 14.3 Å². The van der Waals surface area contributed by atoms with Gasteiger partial charge in [0, 0.05) is 19.6 Å². The molecule has 2 fully saturated rings. The second-order valence-corrected chi connectivity index (χ2v) is 5.51. The van der Waals surface area contributed by atoms with Gasteiger partial charge in [0.05, 0.1) is 32.3 Å². The lowest BCUT2D eigenvalue weighted by Gasteiger charge is -2.34. The van der Waals surface area contributed by atoms with Crippen molar-refractivity contribution < 1.29 is 14.3 Å². The van der Waals surface area contributed by atoms with Gasteiger partial charge in [0.25, 0.3) is 0 Å². The van der Waals surface area contributed by atoms with Crippen LogP contribution in [0.4, 0.5) is 0 Å². The number of nitrogens with one attached hydrogen (secondary N) is 1. The predicted octanol–water partition coefficient (Wildman–Crippen LogP) is 1.39. The molecule has 0 radical (unpaired) electrons. The van der Waals surface area contributed by atoms with Crippen LogP contribution in [0.5, 0.6) is 0 Å². The van der Waals surface area contributed by atoms with E-state index in [0.29, 0.717) is 32.7 Å². The van der Waals surface area contributed by atoms with Crippen molar-refractivity contribution in [2.24, 2.45) is 0 Å². The van der Waals surface area contributed by atoms with Crippen molar-refractivity contribution in [2.75, 3.05) is 39.4 Å². The van der Waals surface area contributed by atoms with Crippen molar-refractivity contribution in [2.45, 2.75) is 18.6 Å². The zero-order valence-electron chi connectivity index (χ0n) is 12.6. The summed E-state index contributed by atoms with van der Waals surface area (Å²) in [5, 5.41) is 3.26. The van der Waals surface area contributed by atoms with Crippen molar-refractivity contribution >= 4 is 18.3 Å². The summed E-state index contributed by atoms with van der Waals surface area (Å²) in [5.41, 5.74) is 1.13. The van der Waals surface area contributed by atoms with Crippen molar-refractivity contribution in [1.29, 1.82) is 0 Å². The summed E-state index contributed by atoms with van der Waals surface area (Å²) in [4.78, 5) is 14.3. The van der Waals surface area contributed by atoms with Crippen LogP contribution in [0.3, 0.4) is 0 Å². The highest BCUT2D eigenvalue weighted by Gasteiger charge is 2.27. The van der Waals surface area contributed by atoms with Crippen molar-refractivity contribution in [3.63, 3.8) is 0 Å². The van der Waals surface area contributed by atoms with Gasteiger partial charge in [-0.25, -0.2) is 0 Å². The molecular formula is C16H23ClN2O3. The zero-order chi connectivity index (χ0) is 14.5. The molecule has 0 aromatic heterocycles. The van der Waals surface area contributed by atoms with Crippen LogP contribution in [-0.4, -0.2) is 56.3 Å². The molecule has 2 aliphatic rings. The van der Waals surface area contributed by atoms with Gasteiger partial charge in [-0.2, -0.15) is 0 Å². The van der Waals surface area contributed by atoms with Gasteiger partial charge < -0.3 is 19.7 Å². The molecule has 2 atom stereocenters. The first-order valence-corrected chi connectivity index (χ1v) is 7.59. The molecule has 1 aromatic carbocycles. The lowest BCUT2D eigenvalue weighted by Crippen LogP contribution is -2.46. The van der Waals surface area contributed by atoms with E-state index >= 15 is 0 Å². The van der Waals surface area contributed by atoms with Gasteiger partial charge in [0.15, 0.2) is 0 Å². The highest BCUT2D eigenvalue weighted by atomic mass is 35.5. The fraction of sp³-hybridized carbons (Fsp3) is 0.562. The minimum atomic E-state index is -0.0192. The number of hydrogen-bond acceptors (Lipinski definition) is 4. The minimum Gasteiger partial charge on any atom is -0.375 e. The molecule has 3 rings (SSSR count). The Balaban J connectivity index is 0.00000176. The highest BCUT2D eigenvalue weighted by Crippen LogP contribution is 2.22. The molecule has 2 aliphatic heterocycles. The van der Waals surface area contributed by atoms with Crippen molar-refractivity contribution in [3.05, 3.63) is 35.9 Å². The van der Waals surface area contributed by atoms with Gasteiger partial charge >= 0.3 is 0 Å². The van der Waals surface area contributed by atoms with E-state index in [4.69, 9.17) is 9.47 Å². The van der Waals surface area contributed by atoms with E-state index in [0.717, 1.165) is 18.7 Å². The Kier molecular flexibility index (Phi) is 6.64. The molecule has 2 unspecified atom stereocenters. The Morgan fingerprint density at radius 3 is 2.77 bits per heavy atom. The Labute approximate surface area is 137 Å². The van der Waals surface area contributed by atoms with Crippen molar-refractivity contribution in [1.82, 2.24) is 10.2 Å². The normalized spacial score (nSPS) is 25.4. The quantitative estimate of drug-likeness (QED) is 0.912. The largest absolute Gasteiger partial charge is 0.375 e. The Morgan fingerprint density at radius 1 is 1.23 bits per heavy atom.